The molecule has 168 valence electrons. The monoisotopic (exact) mass is 426 g/mol. The fourth-order valence-electron chi connectivity index (χ4n) is 4.55. The van der Waals surface area contributed by atoms with Gasteiger partial charge in [-0.2, -0.15) is 0 Å². The summed E-state index contributed by atoms with van der Waals surface area (Å²) in [6.07, 6.45) is 1.11. The number of rotatable bonds is 8. The van der Waals surface area contributed by atoms with Gasteiger partial charge in [0.15, 0.2) is 0 Å². The van der Waals surface area contributed by atoms with Crippen molar-refractivity contribution in [3.63, 3.8) is 0 Å². The molecule has 1 aliphatic heterocycles. The molecule has 0 unspecified atom stereocenters. The summed E-state index contributed by atoms with van der Waals surface area (Å²) in [4.78, 5) is 28.2. The van der Waals surface area contributed by atoms with E-state index in [2.05, 4.69) is 41.5 Å². The van der Waals surface area contributed by atoms with Gasteiger partial charge in [0.25, 0.3) is 0 Å². The lowest BCUT2D eigenvalue weighted by atomic mass is 10.1. The third-order valence-electron chi connectivity index (χ3n) is 6.66. The van der Waals surface area contributed by atoms with E-state index in [1.807, 2.05) is 19.9 Å². The van der Waals surface area contributed by atoms with E-state index in [1.165, 1.54) is 28.8 Å². The Morgan fingerprint density at radius 2 is 1.81 bits per heavy atom. The number of carbonyl (C=O) groups is 2. The number of esters is 1. The van der Waals surface area contributed by atoms with Crippen LogP contribution in [-0.2, 0) is 16.1 Å². The van der Waals surface area contributed by atoms with Crippen molar-refractivity contribution in [2.45, 2.75) is 47.1 Å². The van der Waals surface area contributed by atoms with E-state index in [-0.39, 0.29) is 11.8 Å². The predicted octanol–water partition coefficient (Wildman–Crippen LogP) is 2.26. The van der Waals surface area contributed by atoms with Gasteiger partial charge < -0.3 is 19.1 Å². The van der Waals surface area contributed by atoms with Crippen molar-refractivity contribution in [2.24, 2.45) is 0 Å². The second kappa shape index (κ2) is 10.1. The lowest BCUT2D eigenvalue weighted by molar-refractivity contribution is -0.892. The maximum absolute atomic E-state index is 13.1. The lowest BCUT2D eigenvalue weighted by Crippen LogP contribution is -3.15. The molecule has 6 heteroatoms. The smallest absolute Gasteiger partial charge is 0.305 e. The van der Waals surface area contributed by atoms with E-state index in [4.69, 9.17) is 4.74 Å². The molecular formula is C25H36N3O3+. The first-order chi connectivity index (χ1) is 14.8. The Balaban J connectivity index is 1.57. The minimum atomic E-state index is -0.192. The van der Waals surface area contributed by atoms with E-state index in [1.54, 1.807) is 0 Å². The highest BCUT2D eigenvalue weighted by atomic mass is 16.5. The van der Waals surface area contributed by atoms with Crippen LogP contribution < -0.4 is 9.80 Å². The molecule has 1 aliphatic rings. The second-order valence-corrected chi connectivity index (χ2v) is 8.67. The number of nitrogens with zero attached hydrogens (tertiary/aromatic N) is 2. The summed E-state index contributed by atoms with van der Waals surface area (Å²) in [5.41, 5.74) is 6.88. The van der Waals surface area contributed by atoms with Crippen LogP contribution in [0.15, 0.2) is 24.3 Å². The Kier molecular flexibility index (Phi) is 7.55. The molecule has 1 saturated heterocycles. The molecule has 1 fully saturated rings. The summed E-state index contributed by atoms with van der Waals surface area (Å²) < 4.78 is 6.86. The van der Waals surface area contributed by atoms with Gasteiger partial charge in [0.1, 0.15) is 6.54 Å². The number of aryl methyl sites for hydroxylation is 2. The Morgan fingerprint density at radius 1 is 1.10 bits per heavy atom. The summed E-state index contributed by atoms with van der Waals surface area (Å²) >= 11 is 0. The van der Waals surface area contributed by atoms with Crippen molar-refractivity contribution in [1.29, 1.82) is 0 Å². The lowest BCUT2D eigenvalue weighted by Gasteiger charge is -2.34. The maximum atomic E-state index is 13.1. The predicted molar refractivity (Wildman–Crippen MR) is 123 cm³/mol. The van der Waals surface area contributed by atoms with Gasteiger partial charge in [0, 0.05) is 35.6 Å². The third kappa shape index (κ3) is 5.37. The van der Waals surface area contributed by atoms with E-state index in [9.17, 15) is 9.59 Å². The minimum Gasteiger partial charge on any atom is -0.469 e. The number of carbonyl (C=O) groups excluding carboxylic acids is 2. The topological polar surface area (TPSA) is 56.0 Å². The minimum absolute atomic E-state index is 0.192. The van der Waals surface area contributed by atoms with Gasteiger partial charge in [-0.3, -0.25) is 9.59 Å². The standard InChI is InChI=1S/C25H35N3O3/c1-18-8-6-9-23(20(18)3)27-14-12-26(13-15-27)17-24(29)22-16-19(2)28(21(22)4)11-7-10-25(30)31-5/h6,8-9,16H,7,10-15,17H2,1-5H3/p+1. The number of hydrogen-bond donors (Lipinski definition) is 1. The SMILES string of the molecule is COC(=O)CCCn1c(C)cc(C(=O)C[NH+]2CCN(c3cccc(C)c3C)CC2)c1C. The zero-order valence-electron chi connectivity index (χ0n) is 19.6. The van der Waals surface area contributed by atoms with Crippen LogP contribution in [0.5, 0.6) is 0 Å². The van der Waals surface area contributed by atoms with Crippen molar-refractivity contribution in [3.05, 3.63) is 52.3 Å². The first kappa shape index (κ1) is 23.1. The first-order valence-corrected chi connectivity index (χ1v) is 11.2. The molecular weight excluding hydrogens is 390 g/mol. The van der Waals surface area contributed by atoms with Gasteiger partial charge in [0.2, 0.25) is 5.78 Å². The van der Waals surface area contributed by atoms with E-state index < -0.39 is 0 Å². The average molecular weight is 427 g/mol. The normalized spacial score (nSPS) is 14.7. The number of piperazine rings is 1. The number of nitrogens with one attached hydrogen (secondary N) is 1. The Bertz CT molecular complexity index is 940. The molecule has 3 rings (SSSR count). The maximum Gasteiger partial charge on any atom is 0.305 e. The van der Waals surface area contributed by atoms with Gasteiger partial charge >= 0.3 is 5.97 Å². The van der Waals surface area contributed by atoms with Crippen LogP contribution in [0.2, 0.25) is 0 Å². The summed E-state index contributed by atoms with van der Waals surface area (Å²) in [5.74, 6) is 0.0184. The molecule has 1 aromatic carbocycles. The van der Waals surface area contributed by atoms with Crippen molar-refractivity contribution < 1.29 is 19.2 Å². The van der Waals surface area contributed by atoms with Gasteiger partial charge in [-0.05, 0) is 57.4 Å². The number of Topliss-reactive ketones (excluding diaryl/α,β-unsaturated/α-hetero) is 1. The number of methoxy groups -OCH3 is 1. The molecule has 0 radical (unpaired) electrons. The van der Waals surface area contributed by atoms with Crippen molar-refractivity contribution in [1.82, 2.24) is 4.57 Å². The number of anilines is 1. The zero-order valence-corrected chi connectivity index (χ0v) is 19.6. The second-order valence-electron chi connectivity index (χ2n) is 8.67. The Morgan fingerprint density at radius 3 is 2.48 bits per heavy atom. The first-order valence-electron chi connectivity index (χ1n) is 11.2. The van der Waals surface area contributed by atoms with Gasteiger partial charge in [0.05, 0.1) is 33.3 Å². The summed E-state index contributed by atoms with van der Waals surface area (Å²) in [6, 6.07) is 8.49. The number of quaternary nitrogens is 1. The molecule has 0 saturated carbocycles. The van der Waals surface area contributed by atoms with Crippen molar-refractivity contribution >= 4 is 17.4 Å². The average Bonchev–Trinajstić information content (AvgIpc) is 3.04. The Labute approximate surface area is 185 Å². The molecule has 0 aliphatic carbocycles. The summed E-state index contributed by atoms with van der Waals surface area (Å²) in [5, 5.41) is 0. The van der Waals surface area contributed by atoms with Gasteiger partial charge in [-0.25, -0.2) is 0 Å². The van der Waals surface area contributed by atoms with Crippen LogP contribution in [0.1, 0.15) is 45.7 Å². The number of benzene rings is 1. The molecule has 1 aromatic heterocycles. The fourth-order valence-corrected chi connectivity index (χ4v) is 4.55. The molecule has 0 amide bonds. The van der Waals surface area contributed by atoms with Crippen LogP contribution in [-0.4, -0.2) is 56.2 Å². The summed E-state index contributed by atoms with van der Waals surface area (Å²) in [6.45, 7) is 13.5. The molecule has 6 nitrogen and oxygen atoms in total. The van der Waals surface area contributed by atoms with Crippen molar-refractivity contribution in [3.8, 4) is 0 Å². The summed E-state index contributed by atoms with van der Waals surface area (Å²) in [7, 11) is 1.41. The zero-order chi connectivity index (χ0) is 22.5. The van der Waals surface area contributed by atoms with Crippen LogP contribution in [0, 0.1) is 27.7 Å². The quantitative estimate of drug-likeness (QED) is 0.520. The molecule has 31 heavy (non-hydrogen) atoms. The van der Waals surface area contributed by atoms with Crippen LogP contribution in [0.25, 0.3) is 0 Å². The van der Waals surface area contributed by atoms with E-state index >= 15 is 0 Å². The van der Waals surface area contributed by atoms with Crippen LogP contribution in [0.3, 0.4) is 0 Å². The number of aromatic nitrogens is 1. The largest absolute Gasteiger partial charge is 0.469 e. The highest BCUT2D eigenvalue weighted by Gasteiger charge is 2.25. The van der Waals surface area contributed by atoms with Crippen LogP contribution in [0.4, 0.5) is 5.69 Å². The fraction of sp³-hybridized carbons (Fsp3) is 0.520. The molecule has 0 atom stereocenters. The molecule has 2 heterocycles. The van der Waals surface area contributed by atoms with E-state index in [0.717, 1.165) is 49.7 Å². The molecule has 0 bridgehead atoms. The molecule has 2 aromatic rings. The highest BCUT2D eigenvalue weighted by Crippen LogP contribution is 2.22. The van der Waals surface area contributed by atoms with Gasteiger partial charge in [-0.1, -0.05) is 12.1 Å². The number of hydrogen-bond acceptors (Lipinski definition) is 4. The molecule has 1 N–H and O–H groups in total. The van der Waals surface area contributed by atoms with Gasteiger partial charge in [-0.15, -0.1) is 0 Å². The highest BCUT2D eigenvalue weighted by molar-refractivity contribution is 5.98. The van der Waals surface area contributed by atoms with E-state index in [0.29, 0.717) is 19.4 Å². The Hall–Kier alpha value is -2.60. The molecule has 0 spiro atoms. The van der Waals surface area contributed by atoms with Crippen LogP contribution >= 0.6 is 0 Å². The number of ketones is 1. The van der Waals surface area contributed by atoms with Crippen molar-refractivity contribution in [2.75, 3.05) is 44.7 Å². The third-order valence-corrected chi connectivity index (χ3v) is 6.66. The number of ether oxygens (including phenoxy) is 1.